The van der Waals surface area contributed by atoms with Crippen LogP contribution in [0.2, 0.25) is 0 Å². The summed E-state index contributed by atoms with van der Waals surface area (Å²) in [5.74, 6) is 1.95. The third-order valence-corrected chi connectivity index (χ3v) is 4.58. The van der Waals surface area contributed by atoms with Gasteiger partial charge in [0.1, 0.15) is 0 Å². The molecule has 108 valence electrons. The standard InChI is InChI=1S/C16H34N2/c1-5-12-17-16(11-13-18(3)4)15-9-7-14(6-2)8-10-15/h14-17H,5-13H2,1-4H3. The molecule has 1 N–H and O–H groups in total. The van der Waals surface area contributed by atoms with Crippen LogP contribution in [0.25, 0.3) is 0 Å². The van der Waals surface area contributed by atoms with Gasteiger partial charge >= 0.3 is 0 Å². The van der Waals surface area contributed by atoms with E-state index in [2.05, 4.69) is 38.2 Å². The van der Waals surface area contributed by atoms with Crippen molar-refractivity contribution in [1.29, 1.82) is 0 Å². The second-order valence-corrected chi connectivity index (χ2v) is 6.34. The molecule has 0 spiro atoms. The molecule has 0 amide bonds. The van der Waals surface area contributed by atoms with Crippen LogP contribution in [-0.2, 0) is 0 Å². The van der Waals surface area contributed by atoms with Gasteiger partial charge in [0.25, 0.3) is 0 Å². The summed E-state index contributed by atoms with van der Waals surface area (Å²) in [6.07, 6.45) is 9.79. The van der Waals surface area contributed by atoms with E-state index in [1.807, 2.05) is 0 Å². The molecule has 1 saturated carbocycles. The molecule has 1 rings (SSSR count). The van der Waals surface area contributed by atoms with E-state index in [0.717, 1.165) is 17.9 Å². The minimum Gasteiger partial charge on any atom is -0.314 e. The Labute approximate surface area is 115 Å². The average molecular weight is 254 g/mol. The maximum atomic E-state index is 3.80. The molecule has 1 aliphatic rings. The maximum absolute atomic E-state index is 3.80. The van der Waals surface area contributed by atoms with Crippen LogP contribution < -0.4 is 5.32 Å². The van der Waals surface area contributed by atoms with E-state index < -0.39 is 0 Å². The van der Waals surface area contributed by atoms with E-state index in [-0.39, 0.29) is 0 Å². The minimum atomic E-state index is 0.755. The Hall–Kier alpha value is -0.0800. The summed E-state index contributed by atoms with van der Waals surface area (Å²) in [4.78, 5) is 2.32. The third-order valence-electron chi connectivity index (χ3n) is 4.58. The highest BCUT2D eigenvalue weighted by Crippen LogP contribution is 2.33. The number of hydrogen-bond donors (Lipinski definition) is 1. The number of nitrogens with one attached hydrogen (secondary N) is 1. The van der Waals surface area contributed by atoms with Gasteiger partial charge in [0.2, 0.25) is 0 Å². The zero-order valence-corrected chi connectivity index (χ0v) is 13.0. The molecule has 1 atom stereocenters. The first-order valence-corrected chi connectivity index (χ1v) is 8.05. The topological polar surface area (TPSA) is 15.3 Å². The first-order valence-electron chi connectivity index (χ1n) is 8.05. The molecular weight excluding hydrogens is 220 g/mol. The Morgan fingerprint density at radius 2 is 1.78 bits per heavy atom. The van der Waals surface area contributed by atoms with Gasteiger partial charge in [0.05, 0.1) is 0 Å². The lowest BCUT2D eigenvalue weighted by Crippen LogP contribution is -2.40. The summed E-state index contributed by atoms with van der Waals surface area (Å²) in [7, 11) is 4.37. The third kappa shape index (κ3) is 5.71. The van der Waals surface area contributed by atoms with Crippen LogP contribution in [0.4, 0.5) is 0 Å². The first kappa shape index (κ1) is 16.0. The van der Waals surface area contributed by atoms with Crippen molar-refractivity contribution in [1.82, 2.24) is 10.2 Å². The maximum Gasteiger partial charge on any atom is 0.0107 e. The van der Waals surface area contributed by atoms with Crippen LogP contribution in [0.3, 0.4) is 0 Å². The summed E-state index contributed by atoms with van der Waals surface area (Å²) in [5, 5.41) is 3.80. The van der Waals surface area contributed by atoms with Crippen molar-refractivity contribution in [2.24, 2.45) is 11.8 Å². The number of hydrogen-bond acceptors (Lipinski definition) is 2. The van der Waals surface area contributed by atoms with Crippen molar-refractivity contribution in [3.63, 3.8) is 0 Å². The molecule has 0 aromatic carbocycles. The SMILES string of the molecule is CCCNC(CCN(C)C)C1CCC(CC)CC1. The van der Waals surface area contributed by atoms with Gasteiger partial charge in [-0.05, 0) is 64.7 Å². The van der Waals surface area contributed by atoms with E-state index in [9.17, 15) is 0 Å². The van der Waals surface area contributed by atoms with Gasteiger partial charge in [0, 0.05) is 6.04 Å². The van der Waals surface area contributed by atoms with Crippen LogP contribution in [0.5, 0.6) is 0 Å². The molecule has 2 heteroatoms. The Balaban J connectivity index is 2.38. The van der Waals surface area contributed by atoms with E-state index in [1.165, 1.54) is 58.0 Å². The Kier molecular flexibility index (Phi) is 7.92. The highest BCUT2D eigenvalue weighted by atomic mass is 15.1. The normalized spacial score (nSPS) is 26.5. The van der Waals surface area contributed by atoms with Gasteiger partial charge in [-0.15, -0.1) is 0 Å². The van der Waals surface area contributed by atoms with Crippen LogP contribution in [-0.4, -0.2) is 38.1 Å². The lowest BCUT2D eigenvalue weighted by Gasteiger charge is -2.34. The Morgan fingerprint density at radius 1 is 1.11 bits per heavy atom. The molecular formula is C16H34N2. The summed E-state index contributed by atoms with van der Waals surface area (Å²) >= 11 is 0. The summed E-state index contributed by atoms with van der Waals surface area (Å²) < 4.78 is 0. The van der Waals surface area contributed by atoms with Gasteiger partial charge < -0.3 is 10.2 Å². The highest BCUT2D eigenvalue weighted by Gasteiger charge is 2.26. The second kappa shape index (κ2) is 8.92. The summed E-state index contributed by atoms with van der Waals surface area (Å²) in [6.45, 7) is 7.02. The minimum absolute atomic E-state index is 0.755. The molecule has 0 aromatic rings. The number of nitrogens with zero attached hydrogens (tertiary/aromatic N) is 1. The van der Waals surface area contributed by atoms with Crippen LogP contribution in [0, 0.1) is 11.8 Å². The van der Waals surface area contributed by atoms with Crippen molar-refractivity contribution in [2.75, 3.05) is 27.2 Å². The van der Waals surface area contributed by atoms with Crippen molar-refractivity contribution < 1.29 is 0 Å². The van der Waals surface area contributed by atoms with E-state index in [0.29, 0.717) is 0 Å². The van der Waals surface area contributed by atoms with E-state index >= 15 is 0 Å². The predicted molar refractivity (Wildman–Crippen MR) is 81.0 cm³/mol. The zero-order chi connectivity index (χ0) is 13.4. The molecule has 0 aliphatic heterocycles. The molecule has 1 unspecified atom stereocenters. The molecule has 0 radical (unpaired) electrons. The van der Waals surface area contributed by atoms with Crippen molar-refractivity contribution in [3.05, 3.63) is 0 Å². The molecule has 0 saturated heterocycles. The molecule has 0 aromatic heterocycles. The lowest BCUT2D eigenvalue weighted by atomic mass is 9.77. The smallest absolute Gasteiger partial charge is 0.0107 e. The quantitative estimate of drug-likeness (QED) is 0.713. The van der Waals surface area contributed by atoms with Gasteiger partial charge in [-0.2, -0.15) is 0 Å². The highest BCUT2D eigenvalue weighted by molar-refractivity contribution is 4.82. The van der Waals surface area contributed by atoms with Crippen molar-refractivity contribution in [3.8, 4) is 0 Å². The van der Waals surface area contributed by atoms with E-state index in [4.69, 9.17) is 0 Å². The molecule has 0 bridgehead atoms. The van der Waals surface area contributed by atoms with Crippen molar-refractivity contribution >= 4 is 0 Å². The number of rotatable bonds is 8. The van der Waals surface area contributed by atoms with Crippen LogP contribution in [0.15, 0.2) is 0 Å². The first-order chi connectivity index (χ1) is 8.67. The molecule has 18 heavy (non-hydrogen) atoms. The van der Waals surface area contributed by atoms with Crippen molar-refractivity contribution in [2.45, 2.75) is 64.8 Å². The predicted octanol–water partition coefficient (Wildman–Crippen LogP) is 3.52. The molecule has 1 aliphatic carbocycles. The average Bonchev–Trinajstić information content (AvgIpc) is 2.39. The Morgan fingerprint density at radius 3 is 2.28 bits per heavy atom. The second-order valence-electron chi connectivity index (χ2n) is 6.34. The fraction of sp³-hybridized carbons (Fsp3) is 1.00. The van der Waals surface area contributed by atoms with Gasteiger partial charge in [-0.3, -0.25) is 0 Å². The fourth-order valence-electron chi connectivity index (χ4n) is 3.23. The fourth-order valence-corrected chi connectivity index (χ4v) is 3.23. The van der Waals surface area contributed by atoms with E-state index in [1.54, 1.807) is 0 Å². The van der Waals surface area contributed by atoms with Gasteiger partial charge in [-0.25, -0.2) is 0 Å². The largest absolute Gasteiger partial charge is 0.314 e. The lowest BCUT2D eigenvalue weighted by molar-refractivity contribution is 0.201. The monoisotopic (exact) mass is 254 g/mol. The van der Waals surface area contributed by atoms with Crippen LogP contribution >= 0.6 is 0 Å². The molecule has 2 nitrogen and oxygen atoms in total. The zero-order valence-electron chi connectivity index (χ0n) is 13.0. The summed E-state index contributed by atoms with van der Waals surface area (Å²) in [6, 6.07) is 0.755. The Bertz CT molecular complexity index is 195. The van der Waals surface area contributed by atoms with Crippen LogP contribution in [0.1, 0.15) is 58.8 Å². The van der Waals surface area contributed by atoms with Gasteiger partial charge in [-0.1, -0.05) is 33.1 Å². The molecule has 0 heterocycles. The summed E-state index contributed by atoms with van der Waals surface area (Å²) in [5.41, 5.74) is 0. The van der Waals surface area contributed by atoms with Gasteiger partial charge in [0.15, 0.2) is 0 Å². The molecule has 1 fully saturated rings.